The van der Waals surface area contributed by atoms with Crippen molar-refractivity contribution in [1.29, 1.82) is 0 Å². The van der Waals surface area contributed by atoms with Crippen molar-refractivity contribution in [1.82, 2.24) is 10.2 Å². The number of amides is 1. The molecule has 0 aromatic rings. The normalized spacial score (nSPS) is 30.9. The second kappa shape index (κ2) is 6.94. The van der Waals surface area contributed by atoms with Crippen molar-refractivity contribution in [3.8, 4) is 0 Å². The fourth-order valence-electron chi connectivity index (χ4n) is 4.00. The van der Waals surface area contributed by atoms with Gasteiger partial charge in [0.1, 0.15) is 5.92 Å². The van der Waals surface area contributed by atoms with Crippen LogP contribution in [-0.2, 0) is 4.79 Å². The molecule has 0 spiro atoms. The van der Waals surface area contributed by atoms with E-state index in [0.717, 1.165) is 31.8 Å². The van der Waals surface area contributed by atoms with Crippen molar-refractivity contribution in [2.24, 2.45) is 11.8 Å². The number of nitrogens with zero attached hydrogens (tertiary/aromatic N) is 2. The van der Waals surface area contributed by atoms with Crippen LogP contribution in [0.15, 0.2) is 0 Å². The summed E-state index contributed by atoms with van der Waals surface area (Å²) in [6.07, 6.45) is 9.30. The molecule has 6 heteroatoms. The molecule has 0 aromatic heterocycles. The first-order valence-corrected chi connectivity index (χ1v) is 8.79. The summed E-state index contributed by atoms with van der Waals surface area (Å²) in [6, 6.07) is -0.422. The highest BCUT2D eigenvalue weighted by Crippen LogP contribution is 2.33. The summed E-state index contributed by atoms with van der Waals surface area (Å²) in [5.74, 6) is 0.384. The van der Waals surface area contributed by atoms with E-state index in [0.29, 0.717) is 6.42 Å². The van der Waals surface area contributed by atoms with Gasteiger partial charge in [-0.3, -0.25) is 14.9 Å². The lowest BCUT2D eigenvalue weighted by molar-refractivity contribution is -0.497. The number of likely N-dealkylation sites (tertiary alicyclic amines) is 1. The van der Waals surface area contributed by atoms with Gasteiger partial charge in [-0.25, -0.2) is 0 Å². The predicted molar refractivity (Wildman–Crippen MR) is 83.1 cm³/mol. The van der Waals surface area contributed by atoms with Crippen LogP contribution in [0, 0.1) is 22.0 Å². The number of piperidine rings is 1. The Balaban J connectivity index is 1.35. The van der Waals surface area contributed by atoms with Crippen molar-refractivity contribution < 1.29 is 9.72 Å². The molecule has 0 bridgehead atoms. The van der Waals surface area contributed by atoms with E-state index < -0.39 is 6.04 Å². The maximum absolute atomic E-state index is 12.0. The van der Waals surface area contributed by atoms with Crippen LogP contribution < -0.4 is 5.32 Å². The largest absolute Gasteiger partial charge is 0.353 e. The molecular formula is C16H27N3O3. The van der Waals surface area contributed by atoms with E-state index in [2.05, 4.69) is 10.2 Å². The van der Waals surface area contributed by atoms with Gasteiger partial charge in [0.05, 0.1) is 0 Å². The molecular weight excluding hydrogens is 282 g/mol. The van der Waals surface area contributed by atoms with Gasteiger partial charge in [0.25, 0.3) is 0 Å². The molecule has 2 saturated carbocycles. The molecule has 2 aliphatic carbocycles. The van der Waals surface area contributed by atoms with Crippen molar-refractivity contribution in [2.75, 3.05) is 19.6 Å². The smallest absolute Gasteiger partial charge is 0.230 e. The van der Waals surface area contributed by atoms with E-state index in [4.69, 9.17) is 0 Å². The van der Waals surface area contributed by atoms with Gasteiger partial charge >= 0.3 is 0 Å². The molecule has 0 aromatic carbocycles. The molecule has 3 aliphatic rings. The van der Waals surface area contributed by atoms with Crippen molar-refractivity contribution in [3.63, 3.8) is 0 Å². The summed E-state index contributed by atoms with van der Waals surface area (Å²) in [5.41, 5.74) is 0. The second-order valence-electron chi connectivity index (χ2n) is 7.28. The molecule has 124 valence electrons. The predicted octanol–water partition coefficient (Wildman–Crippen LogP) is 1.81. The summed E-state index contributed by atoms with van der Waals surface area (Å²) in [4.78, 5) is 24.8. The van der Waals surface area contributed by atoms with Gasteiger partial charge in [0, 0.05) is 37.0 Å². The number of carbonyl (C=O) groups excluding carboxylic acids is 1. The van der Waals surface area contributed by atoms with Gasteiger partial charge in [0.15, 0.2) is 0 Å². The maximum Gasteiger partial charge on any atom is 0.230 e. The zero-order valence-corrected chi connectivity index (χ0v) is 13.2. The van der Waals surface area contributed by atoms with Crippen LogP contribution in [0.5, 0.6) is 0 Å². The monoisotopic (exact) mass is 309 g/mol. The fraction of sp³-hybridized carbons (Fsp3) is 0.938. The Morgan fingerprint density at radius 1 is 1.14 bits per heavy atom. The minimum Gasteiger partial charge on any atom is -0.353 e. The molecule has 1 saturated heterocycles. The maximum atomic E-state index is 12.0. The van der Waals surface area contributed by atoms with Crippen molar-refractivity contribution in [2.45, 2.75) is 63.5 Å². The van der Waals surface area contributed by atoms with Crippen molar-refractivity contribution in [3.05, 3.63) is 10.1 Å². The first kappa shape index (κ1) is 15.7. The van der Waals surface area contributed by atoms with Gasteiger partial charge in [-0.15, -0.1) is 0 Å². The highest BCUT2D eigenvalue weighted by atomic mass is 16.6. The number of hydrogen-bond donors (Lipinski definition) is 1. The molecule has 22 heavy (non-hydrogen) atoms. The number of hydrogen-bond acceptors (Lipinski definition) is 4. The van der Waals surface area contributed by atoms with Crippen LogP contribution in [0.25, 0.3) is 0 Å². The molecule has 0 radical (unpaired) electrons. The summed E-state index contributed by atoms with van der Waals surface area (Å²) < 4.78 is 0. The molecule has 1 aliphatic heterocycles. The average Bonchev–Trinajstić information content (AvgIpc) is 3.31. The third kappa shape index (κ3) is 3.97. The standard InChI is InChI=1S/C16H27N3O3/c20-16(14-10-15(14)19(21)22)17-13-6-8-18(9-7-13)11-12-4-2-1-3-5-12/h12-15H,1-11H2,(H,17,20). The number of nitro groups is 1. The van der Waals surface area contributed by atoms with Gasteiger partial charge in [-0.2, -0.15) is 0 Å². The van der Waals surface area contributed by atoms with Crippen LogP contribution in [0.2, 0.25) is 0 Å². The lowest BCUT2D eigenvalue weighted by Gasteiger charge is -2.35. The molecule has 1 heterocycles. The zero-order valence-electron chi connectivity index (χ0n) is 13.2. The van der Waals surface area contributed by atoms with Gasteiger partial charge in [-0.05, 0) is 31.6 Å². The van der Waals surface area contributed by atoms with E-state index in [-0.39, 0.29) is 22.8 Å². The molecule has 1 amide bonds. The molecule has 6 nitrogen and oxygen atoms in total. The molecule has 3 fully saturated rings. The minimum atomic E-state index is -0.633. The van der Waals surface area contributed by atoms with Crippen LogP contribution in [0.3, 0.4) is 0 Å². The summed E-state index contributed by atoms with van der Waals surface area (Å²) in [6.45, 7) is 3.31. The van der Waals surface area contributed by atoms with Gasteiger partial charge in [-0.1, -0.05) is 19.3 Å². The van der Waals surface area contributed by atoms with E-state index in [1.165, 1.54) is 38.6 Å². The van der Waals surface area contributed by atoms with Crippen LogP contribution >= 0.6 is 0 Å². The van der Waals surface area contributed by atoms with E-state index in [1.807, 2.05) is 0 Å². The van der Waals surface area contributed by atoms with E-state index in [9.17, 15) is 14.9 Å². The number of rotatable bonds is 5. The molecule has 2 atom stereocenters. The third-order valence-corrected chi connectivity index (χ3v) is 5.54. The molecule has 1 N–H and O–H groups in total. The van der Waals surface area contributed by atoms with Crippen LogP contribution in [-0.4, -0.2) is 47.4 Å². The SMILES string of the molecule is O=C(NC1CCN(CC2CCCCC2)CC1)C1CC1[N+](=O)[O-]. The first-order valence-electron chi connectivity index (χ1n) is 8.79. The summed E-state index contributed by atoms with van der Waals surface area (Å²) >= 11 is 0. The fourth-order valence-corrected chi connectivity index (χ4v) is 4.00. The second-order valence-corrected chi connectivity index (χ2v) is 7.28. The Hall–Kier alpha value is -1.17. The number of nitrogens with one attached hydrogen (secondary N) is 1. The Morgan fingerprint density at radius 3 is 2.41 bits per heavy atom. The highest BCUT2D eigenvalue weighted by Gasteiger charge is 2.53. The molecule has 2 unspecified atom stereocenters. The van der Waals surface area contributed by atoms with Gasteiger partial charge < -0.3 is 10.2 Å². The first-order chi connectivity index (χ1) is 10.6. The molecule has 3 rings (SSSR count). The highest BCUT2D eigenvalue weighted by molar-refractivity contribution is 5.82. The Kier molecular flexibility index (Phi) is 4.96. The summed E-state index contributed by atoms with van der Waals surface area (Å²) in [7, 11) is 0. The third-order valence-electron chi connectivity index (χ3n) is 5.54. The summed E-state index contributed by atoms with van der Waals surface area (Å²) in [5, 5.41) is 13.6. The zero-order chi connectivity index (χ0) is 15.5. The minimum absolute atomic E-state index is 0.104. The average molecular weight is 309 g/mol. The quantitative estimate of drug-likeness (QED) is 0.621. The Labute approximate surface area is 131 Å². The van der Waals surface area contributed by atoms with E-state index in [1.54, 1.807) is 0 Å². The number of carbonyl (C=O) groups is 1. The van der Waals surface area contributed by atoms with Crippen LogP contribution in [0.1, 0.15) is 51.4 Å². The van der Waals surface area contributed by atoms with Crippen molar-refractivity contribution >= 4 is 5.91 Å². The topological polar surface area (TPSA) is 75.5 Å². The Bertz CT molecular complexity index is 415. The van der Waals surface area contributed by atoms with E-state index >= 15 is 0 Å². The Morgan fingerprint density at radius 2 is 1.82 bits per heavy atom. The lowest BCUT2D eigenvalue weighted by Crippen LogP contribution is -2.46. The van der Waals surface area contributed by atoms with Gasteiger partial charge in [0.2, 0.25) is 11.9 Å². The lowest BCUT2D eigenvalue weighted by atomic mass is 9.88. The van der Waals surface area contributed by atoms with Crippen LogP contribution in [0.4, 0.5) is 0 Å².